The van der Waals surface area contributed by atoms with Crippen molar-refractivity contribution in [3.63, 3.8) is 0 Å². The van der Waals surface area contributed by atoms with Gasteiger partial charge < -0.3 is 4.74 Å². The molecule has 1 atom stereocenters. The molecule has 0 fully saturated rings. The molecule has 0 aliphatic rings. The van der Waals surface area contributed by atoms with Gasteiger partial charge in [-0.1, -0.05) is 97.1 Å². The van der Waals surface area contributed by atoms with Gasteiger partial charge in [-0.3, -0.25) is 4.99 Å². The molecule has 156 valence electrons. The second-order valence-corrected chi connectivity index (χ2v) is 7.98. The predicted molar refractivity (Wildman–Crippen MR) is 136 cm³/mol. The molecule has 0 saturated heterocycles. The molecular weight excluding hydrogens is 390 g/mol. The van der Waals surface area contributed by atoms with Gasteiger partial charge in [-0.05, 0) is 45.7 Å². The molecule has 0 saturated carbocycles. The summed E-state index contributed by atoms with van der Waals surface area (Å²) in [5.41, 5.74) is 4.59. The molecule has 0 aliphatic heterocycles. The summed E-state index contributed by atoms with van der Waals surface area (Å²) >= 11 is 0. The molecule has 0 unspecified atom stereocenters. The molecule has 5 aromatic carbocycles. The number of rotatable bonds is 5. The Hall–Kier alpha value is -3.91. The van der Waals surface area contributed by atoms with Crippen LogP contribution in [0.2, 0.25) is 0 Å². The van der Waals surface area contributed by atoms with Crippen LogP contribution in [0.3, 0.4) is 0 Å². The summed E-state index contributed by atoms with van der Waals surface area (Å²) in [5.74, 6) is 0.876. The Bertz CT molecular complexity index is 1410. The number of methoxy groups -OCH3 is 1. The number of aliphatic imine (C=N–C) groups is 1. The number of ether oxygens (including phenoxy) is 1. The van der Waals surface area contributed by atoms with Gasteiger partial charge in [-0.2, -0.15) is 0 Å². The Morgan fingerprint density at radius 1 is 0.719 bits per heavy atom. The number of nitrogens with zero attached hydrogens (tertiary/aromatic N) is 1. The van der Waals surface area contributed by atoms with Crippen molar-refractivity contribution >= 4 is 27.8 Å². The molecule has 32 heavy (non-hydrogen) atoms. The number of fused-ring (bicyclic) bond motifs is 2. The molecule has 0 bridgehead atoms. The van der Waals surface area contributed by atoms with Crippen LogP contribution in [-0.4, -0.2) is 13.3 Å². The van der Waals surface area contributed by atoms with Crippen molar-refractivity contribution in [1.82, 2.24) is 0 Å². The van der Waals surface area contributed by atoms with Crippen LogP contribution in [0.25, 0.3) is 32.7 Å². The Morgan fingerprint density at radius 2 is 1.44 bits per heavy atom. The molecule has 5 rings (SSSR count). The van der Waals surface area contributed by atoms with Crippen LogP contribution < -0.4 is 4.74 Å². The lowest BCUT2D eigenvalue weighted by atomic mass is 9.91. The monoisotopic (exact) mass is 415 g/mol. The summed E-state index contributed by atoms with van der Waals surface area (Å²) < 4.78 is 5.82. The lowest BCUT2D eigenvalue weighted by Gasteiger charge is -2.16. The first-order valence-electron chi connectivity index (χ1n) is 10.9. The van der Waals surface area contributed by atoms with Crippen molar-refractivity contribution in [1.29, 1.82) is 0 Å². The summed E-state index contributed by atoms with van der Waals surface area (Å²) in [7, 11) is 1.74. The van der Waals surface area contributed by atoms with Crippen molar-refractivity contribution in [2.75, 3.05) is 7.11 Å². The van der Waals surface area contributed by atoms with E-state index in [1.807, 2.05) is 12.3 Å². The lowest BCUT2D eigenvalue weighted by molar-refractivity contribution is 0.417. The summed E-state index contributed by atoms with van der Waals surface area (Å²) in [4.78, 5) is 4.90. The highest BCUT2D eigenvalue weighted by Gasteiger charge is 2.15. The maximum absolute atomic E-state index is 5.82. The van der Waals surface area contributed by atoms with Crippen LogP contribution >= 0.6 is 0 Å². The van der Waals surface area contributed by atoms with Crippen LogP contribution in [0.5, 0.6) is 5.75 Å². The van der Waals surface area contributed by atoms with E-state index in [1.54, 1.807) is 7.11 Å². The highest BCUT2D eigenvalue weighted by molar-refractivity contribution is 6.12. The van der Waals surface area contributed by atoms with Gasteiger partial charge in [0.2, 0.25) is 0 Å². The van der Waals surface area contributed by atoms with E-state index >= 15 is 0 Å². The maximum Gasteiger partial charge on any atom is 0.127 e. The van der Waals surface area contributed by atoms with E-state index in [0.717, 1.165) is 22.4 Å². The third-order valence-electron chi connectivity index (χ3n) is 6.04. The fourth-order valence-corrected chi connectivity index (χ4v) is 4.40. The van der Waals surface area contributed by atoms with E-state index in [1.165, 1.54) is 27.1 Å². The Morgan fingerprint density at radius 3 is 2.25 bits per heavy atom. The van der Waals surface area contributed by atoms with Gasteiger partial charge in [0.05, 0.1) is 13.2 Å². The molecule has 0 aromatic heterocycles. The van der Waals surface area contributed by atoms with Crippen LogP contribution in [-0.2, 0) is 0 Å². The second kappa shape index (κ2) is 8.68. The molecule has 0 spiro atoms. The molecule has 2 nitrogen and oxygen atoms in total. The van der Waals surface area contributed by atoms with Crippen molar-refractivity contribution < 1.29 is 4.74 Å². The fourth-order valence-electron chi connectivity index (χ4n) is 4.40. The standard InChI is InChI=1S/C30H25NO/c1-21(22-10-4-3-5-11-22)31-20-25-15-8-13-24-14-9-17-27(29(24)25)30-26-16-7-6-12-23(26)18-19-28(30)32-2/h3-21H,1-2H3/t21-/m0/s1. The van der Waals surface area contributed by atoms with E-state index in [-0.39, 0.29) is 6.04 Å². The number of hydrogen-bond acceptors (Lipinski definition) is 2. The summed E-state index contributed by atoms with van der Waals surface area (Å²) in [6, 6.07) is 36.0. The third-order valence-corrected chi connectivity index (χ3v) is 6.04. The van der Waals surface area contributed by atoms with E-state index in [2.05, 4.69) is 104 Å². The van der Waals surface area contributed by atoms with Gasteiger partial charge in [0.1, 0.15) is 5.75 Å². The Labute approximate surface area is 188 Å². The van der Waals surface area contributed by atoms with Gasteiger partial charge in [0, 0.05) is 17.3 Å². The topological polar surface area (TPSA) is 21.6 Å². The van der Waals surface area contributed by atoms with Crippen LogP contribution in [0.1, 0.15) is 24.1 Å². The first-order valence-corrected chi connectivity index (χ1v) is 10.9. The minimum absolute atomic E-state index is 0.0886. The average molecular weight is 416 g/mol. The third kappa shape index (κ3) is 3.65. The highest BCUT2D eigenvalue weighted by atomic mass is 16.5. The first-order chi connectivity index (χ1) is 15.8. The smallest absolute Gasteiger partial charge is 0.127 e. The van der Waals surface area contributed by atoms with Crippen LogP contribution in [0, 0.1) is 0 Å². The van der Waals surface area contributed by atoms with E-state index in [4.69, 9.17) is 9.73 Å². The van der Waals surface area contributed by atoms with Gasteiger partial charge >= 0.3 is 0 Å². The molecule has 0 N–H and O–H groups in total. The Balaban J connectivity index is 1.72. The second-order valence-electron chi connectivity index (χ2n) is 7.98. The largest absolute Gasteiger partial charge is 0.496 e. The van der Waals surface area contributed by atoms with Gasteiger partial charge in [-0.15, -0.1) is 0 Å². The normalized spacial score (nSPS) is 12.4. The minimum Gasteiger partial charge on any atom is -0.496 e. The molecule has 0 radical (unpaired) electrons. The Kier molecular flexibility index (Phi) is 5.43. The van der Waals surface area contributed by atoms with E-state index < -0.39 is 0 Å². The number of hydrogen-bond donors (Lipinski definition) is 0. The van der Waals surface area contributed by atoms with Gasteiger partial charge in [0.25, 0.3) is 0 Å². The molecule has 0 aliphatic carbocycles. The average Bonchev–Trinajstić information content (AvgIpc) is 2.86. The summed E-state index contributed by atoms with van der Waals surface area (Å²) in [6.45, 7) is 2.13. The zero-order valence-electron chi connectivity index (χ0n) is 18.3. The van der Waals surface area contributed by atoms with Gasteiger partial charge in [-0.25, -0.2) is 0 Å². The highest BCUT2D eigenvalue weighted by Crippen LogP contribution is 2.41. The molecule has 2 heteroatoms. The van der Waals surface area contributed by atoms with Crippen molar-refractivity contribution in [3.8, 4) is 16.9 Å². The summed E-state index contributed by atoms with van der Waals surface area (Å²) in [5, 5.41) is 4.76. The lowest BCUT2D eigenvalue weighted by Crippen LogP contribution is -1.95. The fraction of sp³-hybridized carbons (Fsp3) is 0.100. The zero-order chi connectivity index (χ0) is 21.9. The van der Waals surface area contributed by atoms with Crippen LogP contribution in [0.15, 0.2) is 108 Å². The van der Waals surface area contributed by atoms with Gasteiger partial charge in [0.15, 0.2) is 0 Å². The number of benzene rings is 5. The first kappa shape index (κ1) is 20.0. The SMILES string of the molecule is COc1ccc2ccccc2c1-c1cccc2cccc(C=N[C@@H](C)c3ccccc3)c12. The van der Waals surface area contributed by atoms with E-state index in [9.17, 15) is 0 Å². The molecular formula is C30H25NO. The van der Waals surface area contributed by atoms with Crippen molar-refractivity contribution in [2.45, 2.75) is 13.0 Å². The predicted octanol–water partition coefficient (Wildman–Crippen LogP) is 7.85. The van der Waals surface area contributed by atoms with Crippen molar-refractivity contribution in [3.05, 3.63) is 114 Å². The zero-order valence-corrected chi connectivity index (χ0v) is 18.3. The molecule has 0 amide bonds. The quantitative estimate of drug-likeness (QED) is 0.268. The minimum atomic E-state index is 0.0886. The molecule has 0 heterocycles. The summed E-state index contributed by atoms with van der Waals surface area (Å²) in [6.07, 6.45) is 2.01. The maximum atomic E-state index is 5.82. The van der Waals surface area contributed by atoms with Crippen molar-refractivity contribution in [2.24, 2.45) is 4.99 Å². The molecule has 5 aromatic rings. The van der Waals surface area contributed by atoms with Crippen LogP contribution in [0.4, 0.5) is 0 Å². The van der Waals surface area contributed by atoms with E-state index in [0.29, 0.717) is 0 Å².